The molecule has 0 atom stereocenters. The molecule has 0 bridgehead atoms. The first-order valence-electron chi connectivity index (χ1n) is 5.61. The van der Waals surface area contributed by atoms with Gasteiger partial charge in [-0.2, -0.15) is 11.8 Å². The summed E-state index contributed by atoms with van der Waals surface area (Å²) >= 11 is 1.78. The number of nitrogens with zero attached hydrogens (tertiary/aromatic N) is 1. The largest absolute Gasteiger partial charge is 0.385 e. The van der Waals surface area contributed by atoms with Crippen LogP contribution in [0.5, 0.6) is 0 Å². The molecule has 0 amide bonds. The molecule has 1 aromatic heterocycles. The number of nitrogen functional groups attached to an aromatic ring is 1. The lowest BCUT2D eigenvalue weighted by molar-refractivity contribution is 0.673. The van der Waals surface area contributed by atoms with Crippen LogP contribution in [0.2, 0.25) is 0 Å². The summed E-state index contributed by atoms with van der Waals surface area (Å²) in [5.41, 5.74) is 5.94. The number of thioether (sulfide) groups is 1. The van der Waals surface area contributed by atoms with Crippen molar-refractivity contribution < 1.29 is 0 Å². The molecule has 0 unspecified atom stereocenters. The summed E-state index contributed by atoms with van der Waals surface area (Å²) < 4.78 is 1.67. The van der Waals surface area contributed by atoms with E-state index in [4.69, 9.17) is 5.73 Å². The monoisotopic (exact) mass is 248 g/mol. The lowest BCUT2D eigenvalue weighted by Crippen LogP contribution is -2.23. The van der Waals surface area contributed by atoms with Gasteiger partial charge < -0.3 is 5.73 Å². The fourth-order valence-electron chi connectivity index (χ4n) is 1.92. The van der Waals surface area contributed by atoms with Gasteiger partial charge in [-0.1, -0.05) is 18.2 Å². The zero-order valence-electron chi connectivity index (χ0n) is 9.85. The van der Waals surface area contributed by atoms with E-state index in [2.05, 4.69) is 6.26 Å². The SMILES string of the molecule is CSCCCn1c(N)cc2ccccc2c1=O. The molecule has 90 valence electrons. The van der Waals surface area contributed by atoms with Gasteiger partial charge in [0.1, 0.15) is 5.82 Å². The van der Waals surface area contributed by atoms with E-state index in [9.17, 15) is 4.79 Å². The average Bonchev–Trinajstić information content (AvgIpc) is 2.33. The highest BCUT2D eigenvalue weighted by molar-refractivity contribution is 7.98. The molecule has 3 nitrogen and oxygen atoms in total. The van der Waals surface area contributed by atoms with E-state index < -0.39 is 0 Å². The fraction of sp³-hybridized carbons (Fsp3) is 0.308. The smallest absolute Gasteiger partial charge is 0.259 e. The van der Waals surface area contributed by atoms with Gasteiger partial charge in [0.25, 0.3) is 5.56 Å². The van der Waals surface area contributed by atoms with E-state index >= 15 is 0 Å². The Kier molecular flexibility index (Phi) is 3.74. The quantitative estimate of drug-likeness (QED) is 0.845. The molecule has 0 saturated heterocycles. The Bertz CT molecular complexity index is 577. The zero-order chi connectivity index (χ0) is 12.3. The summed E-state index contributed by atoms with van der Waals surface area (Å²) in [6.45, 7) is 0.691. The van der Waals surface area contributed by atoms with E-state index in [-0.39, 0.29) is 5.56 Å². The maximum absolute atomic E-state index is 12.2. The second-order valence-corrected chi connectivity index (χ2v) is 4.95. The Morgan fingerprint density at radius 2 is 2.12 bits per heavy atom. The maximum Gasteiger partial charge on any atom is 0.259 e. The number of fused-ring (bicyclic) bond motifs is 1. The summed E-state index contributed by atoms with van der Waals surface area (Å²) in [5, 5.41) is 1.65. The standard InChI is InChI=1S/C13H16N2OS/c1-17-8-4-7-15-12(14)9-10-5-2-3-6-11(10)13(15)16/h2-3,5-6,9H,4,7-8,14H2,1H3. The van der Waals surface area contributed by atoms with Crippen LogP contribution in [0.1, 0.15) is 6.42 Å². The van der Waals surface area contributed by atoms with Crippen molar-refractivity contribution in [2.45, 2.75) is 13.0 Å². The predicted molar refractivity (Wildman–Crippen MR) is 75.6 cm³/mol. The van der Waals surface area contributed by atoms with Gasteiger partial charge >= 0.3 is 0 Å². The van der Waals surface area contributed by atoms with Crippen LogP contribution >= 0.6 is 11.8 Å². The van der Waals surface area contributed by atoms with Gasteiger partial charge in [0.2, 0.25) is 0 Å². The molecule has 0 fully saturated rings. The molecule has 1 aromatic carbocycles. The second-order valence-electron chi connectivity index (χ2n) is 3.96. The Morgan fingerprint density at radius 1 is 1.35 bits per heavy atom. The summed E-state index contributed by atoms with van der Waals surface area (Å²) in [5.74, 6) is 1.59. The summed E-state index contributed by atoms with van der Waals surface area (Å²) in [7, 11) is 0. The van der Waals surface area contributed by atoms with Crippen LogP contribution in [0.4, 0.5) is 5.82 Å². The van der Waals surface area contributed by atoms with Gasteiger partial charge in [-0.05, 0) is 35.9 Å². The first-order chi connectivity index (χ1) is 8.24. The third-order valence-corrected chi connectivity index (χ3v) is 3.48. The van der Waals surface area contributed by atoms with Gasteiger partial charge in [-0.15, -0.1) is 0 Å². The third-order valence-electron chi connectivity index (χ3n) is 2.78. The molecule has 2 N–H and O–H groups in total. The van der Waals surface area contributed by atoms with Crippen molar-refractivity contribution in [3.63, 3.8) is 0 Å². The zero-order valence-corrected chi connectivity index (χ0v) is 10.7. The van der Waals surface area contributed by atoms with Crippen LogP contribution < -0.4 is 11.3 Å². The highest BCUT2D eigenvalue weighted by Crippen LogP contribution is 2.13. The van der Waals surface area contributed by atoms with E-state index in [1.807, 2.05) is 30.3 Å². The molecule has 17 heavy (non-hydrogen) atoms. The highest BCUT2D eigenvalue weighted by atomic mass is 32.2. The van der Waals surface area contributed by atoms with Crippen molar-refractivity contribution in [2.24, 2.45) is 0 Å². The van der Waals surface area contributed by atoms with E-state index in [1.54, 1.807) is 16.3 Å². The van der Waals surface area contributed by atoms with Gasteiger partial charge in [0.05, 0.1) is 0 Å². The molecule has 2 aromatic rings. The molecule has 0 aliphatic heterocycles. The lowest BCUT2D eigenvalue weighted by Gasteiger charge is -2.10. The topological polar surface area (TPSA) is 48.0 Å². The summed E-state index contributed by atoms with van der Waals surface area (Å²) in [6.07, 6.45) is 3.02. The lowest BCUT2D eigenvalue weighted by atomic mass is 10.1. The number of benzene rings is 1. The van der Waals surface area contributed by atoms with E-state index in [1.165, 1.54) is 0 Å². The van der Waals surface area contributed by atoms with E-state index in [0.29, 0.717) is 12.4 Å². The summed E-state index contributed by atoms with van der Waals surface area (Å²) in [4.78, 5) is 12.2. The number of hydrogen-bond acceptors (Lipinski definition) is 3. The van der Waals surface area contributed by atoms with Crippen LogP contribution in [0.3, 0.4) is 0 Å². The van der Waals surface area contributed by atoms with Gasteiger partial charge in [0, 0.05) is 11.9 Å². The maximum atomic E-state index is 12.2. The van der Waals surface area contributed by atoms with Gasteiger partial charge in [-0.25, -0.2) is 0 Å². The molecule has 2 rings (SSSR count). The van der Waals surface area contributed by atoms with Gasteiger partial charge in [0.15, 0.2) is 0 Å². The normalized spacial score (nSPS) is 10.9. The number of nitrogens with two attached hydrogens (primary N) is 1. The molecule has 0 spiro atoms. The minimum atomic E-state index is 0.0155. The first kappa shape index (κ1) is 12.0. The number of aromatic nitrogens is 1. The average molecular weight is 248 g/mol. The molecular weight excluding hydrogens is 232 g/mol. The van der Waals surface area contributed by atoms with Crippen LogP contribution in [0.25, 0.3) is 10.8 Å². The van der Waals surface area contributed by atoms with Crippen molar-refractivity contribution in [3.05, 3.63) is 40.7 Å². The minimum absolute atomic E-state index is 0.0155. The highest BCUT2D eigenvalue weighted by Gasteiger charge is 2.05. The molecule has 0 aliphatic carbocycles. The van der Waals surface area contributed by atoms with Crippen LogP contribution in [0, 0.1) is 0 Å². The molecule has 4 heteroatoms. The first-order valence-corrected chi connectivity index (χ1v) is 7.00. The molecular formula is C13H16N2OS. The van der Waals surface area contributed by atoms with Crippen molar-refractivity contribution >= 4 is 28.4 Å². The molecule has 0 aliphatic rings. The summed E-state index contributed by atoms with van der Waals surface area (Å²) in [6, 6.07) is 9.43. The number of hydrogen-bond donors (Lipinski definition) is 1. The molecule has 0 saturated carbocycles. The van der Waals surface area contributed by atoms with Crippen LogP contribution in [-0.2, 0) is 6.54 Å². The van der Waals surface area contributed by atoms with Crippen molar-refractivity contribution in [1.29, 1.82) is 0 Å². The number of pyridine rings is 1. The molecule has 1 heterocycles. The Morgan fingerprint density at radius 3 is 2.88 bits per heavy atom. The number of rotatable bonds is 4. The Hall–Kier alpha value is -1.42. The van der Waals surface area contributed by atoms with Crippen LogP contribution in [-0.4, -0.2) is 16.6 Å². The fourth-order valence-corrected chi connectivity index (χ4v) is 2.33. The third kappa shape index (κ3) is 2.47. The van der Waals surface area contributed by atoms with Crippen molar-refractivity contribution in [2.75, 3.05) is 17.7 Å². The van der Waals surface area contributed by atoms with E-state index in [0.717, 1.165) is 22.9 Å². The molecule has 0 radical (unpaired) electrons. The second kappa shape index (κ2) is 5.27. The Balaban J connectivity index is 2.45. The predicted octanol–water partition coefficient (Wildman–Crippen LogP) is 2.34. The number of anilines is 1. The van der Waals surface area contributed by atoms with Crippen molar-refractivity contribution in [3.8, 4) is 0 Å². The Labute approximate surface area is 105 Å². The van der Waals surface area contributed by atoms with Crippen LogP contribution in [0.15, 0.2) is 35.1 Å². The van der Waals surface area contributed by atoms with Crippen molar-refractivity contribution in [1.82, 2.24) is 4.57 Å². The minimum Gasteiger partial charge on any atom is -0.385 e. The van der Waals surface area contributed by atoms with Gasteiger partial charge in [-0.3, -0.25) is 9.36 Å².